The molecular formula is C11H13N3O3S. The van der Waals surface area contributed by atoms with E-state index < -0.39 is 10.0 Å². The quantitative estimate of drug-likeness (QED) is 0.789. The number of aromatic nitrogens is 1. The Morgan fingerprint density at radius 3 is 2.83 bits per heavy atom. The van der Waals surface area contributed by atoms with Crippen molar-refractivity contribution in [3.05, 3.63) is 24.0 Å². The van der Waals surface area contributed by atoms with E-state index in [0.717, 1.165) is 0 Å². The Morgan fingerprint density at radius 1 is 1.56 bits per heavy atom. The summed E-state index contributed by atoms with van der Waals surface area (Å²) >= 11 is 0. The monoisotopic (exact) mass is 267 g/mol. The molecule has 0 spiro atoms. The van der Waals surface area contributed by atoms with E-state index in [2.05, 4.69) is 4.98 Å². The fourth-order valence-electron chi connectivity index (χ4n) is 1.77. The lowest BCUT2D eigenvalue weighted by Gasteiger charge is -2.22. The summed E-state index contributed by atoms with van der Waals surface area (Å²) in [6.07, 6.45) is 1.90. The summed E-state index contributed by atoms with van der Waals surface area (Å²) in [6.45, 7) is 0.996. The fourth-order valence-corrected chi connectivity index (χ4v) is 3.09. The van der Waals surface area contributed by atoms with Crippen molar-refractivity contribution in [3.63, 3.8) is 0 Å². The highest BCUT2D eigenvalue weighted by molar-refractivity contribution is 7.89. The molecule has 1 aromatic heterocycles. The van der Waals surface area contributed by atoms with Crippen molar-refractivity contribution in [2.24, 2.45) is 0 Å². The minimum absolute atomic E-state index is 0.0934. The van der Waals surface area contributed by atoms with Crippen LogP contribution in [0.4, 0.5) is 0 Å². The van der Waals surface area contributed by atoms with Crippen LogP contribution in [0.5, 0.6) is 0 Å². The van der Waals surface area contributed by atoms with Crippen molar-refractivity contribution in [1.29, 1.82) is 5.26 Å². The Bertz CT molecular complexity index is 556. The van der Waals surface area contributed by atoms with Crippen LogP contribution in [0.25, 0.3) is 0 Å². The molecule has 0 aliphatic carbocycles. The van der Waals surface area contributed by atoms with Crippen LogP contribution in [0.3, 0.4) is 0 Å². The standard InChI is InChI=1S/C11H13N3O3S/c1-14(10-4-5-17-8-10)18(15,16)11-3-2-9(6-12)13-7-11/h2-3,7,10H,4-5,8H2,1H3. The van der Waals surface area contributed by atoms with Crippen molar-refractivity contribution in [2.45, 2.75) is 17.4 Å². The third kappa shape index (κ3) is 2.36. The molecule has 1 unspecified atom stereocenters. The minimum atomic E-state index is -3.57. The highest BCUT2D eigenvalue weighted by Gasteiger charge is 2.30. The van der Waals surface area contributed by atoms with Gasteiger partial charge in [-0.15, -0.1) is 0 Å². The van der Waals surface area contributed by atoms with Crippen molar-refractivity contribution in [3.8, 4) is 6.07 Å². The van der Waals surface area contributed by atoms with E-state index in [1.54, 1.807) is 0 Å². The molecule has 0 bridgehead atoms. The second-order valence-corrected chi connectivity index (χ2v) is 6.03. The molecule has 1 saturated heterocycles. The molecule has 1 atom stereocenters. The van der Waals surface area contributed by atoms with Gasteiger partial charge in [0.05, 0.1) is 12.6 Å². The van der Waals surface area contributed by atoms with Crippen LogP contribution in [0.2, 0.25) is 0 Å². The topological polar surface area (TPSA) is 83.3 Å². The number of hydrogen-bond acceptors (Lipinski definition) is 5. The van der Waals surface area contributed by atoms with E-state index in [1.165, 1.54) is 29.7 Å². The molecule has 1 aliphatic rings. The Morgan fingerprint density at radius 2 is 2.33 bits per heavy atom. The van der Waals surface area contributed by atoms with Crippen LogP contribution in [0.15, 0.2) is 23.2 Å². The Hall–Kier alpha value is -1.49. The van der Waals surface area contributed by atoms with Crippen LogP contribution < -0.4 is 0 Å². The summed E-state index contributed by atoms with van der Waals surface area (Å²) in [7, 11) is -2.03. The average Bonchev–Trinajstić information content (AvgIpc) is 2.91. The first-order chi connectivity index (χ1) is 8.55. The summed E-state index contributed by atoms with van der Waals surface area (Å²) in [5.74, 6) is 0. The maximum absolute atomic E-state index is 12.3. The zero-order valence-corrected chi connectivity index (χ0v) is 10.7. The van der Waals surface area contributed by atoms with Gasteiger partial charge in [0.15, 0.2) is 0 Å². The van der Waals surface area contributed by atoms with Crippen LogP contribution in [0, 0.1) is 11.3 Å². The zero-order chi connectivity index (χ0) is 13.2. The lowest BCUT2D eigenvalue weighted by molar-refractivity contribution is 0.181. The van der Waals surface area contributed by atoms with Crippen molar-refractivity contribution in [1.82, 2.24) is 9.29 Å². The third-order valence-electron chi connectivity index (χ3n) is 2.95. The molecular weight excluding hydrogens is 254 g/mol. The maximum atomic E-state index is 12.3. The molecule has 0 saturated carbocycles. The number of sulfonamides is 1. The van der Waals surface area contributed by atoms with Gasteiger partial charge in [0.2, 0.25) is 10.0 Å². The Kier molecular flexibility index (Phi) is 3.61. The van der Waals surface area contributed by atoms with Gasteiger partial charge in [-0.3, -0.25) is 0 Å². The van der Waals surface area contributed by atoms with E-state index in [-0.39, 0.29) is 16.6 Å². The molecule has 1 aliphatic heterocycles. The van der Waals surface area contributed by atoms with Crippen LogP contribution in [-0.4, -0.2) is 44.0 Å². The highest BCUT2D eigenvalue weighted by Crippen LogP contribution is 2.20. The van der Waals surface area contributed by atoms with Crippen molar-refractivity contribution >= 4 is 10.0 Å². The normalized spacial score (nSPS) is 19.9. The van der Waals surface area contributed by atoms with Gasteiger partial charge >= 0.3 is 0 Å². The summed E-state index contributed by atoms with van der Waals surface area (Å²) in [6, 6.07) is 4.51. The summed E-state index contributed by atoms with van der Waals surface area (Å²) < 4.78 is 31.0. The molecule has 1 aromatic rings. The van der Waals surface area contributed by atoms with E-state index in [1.807, 2.05) is 6.07 Å². The number of ether oxygens (including phenoxy) is 1. The van der Waals surface area contributed by atoms with Crippen molar-refractivity contribution < 1.29 is 13.2 Å². The predicted octanol–water partition coefficient (Wildman–Crippen LogP) is 0.363. The van der Waals surface area contributed by atoms with Gasteiger partial charge < -0.3 is 4.74 Å². The van der Waals surface area contributed by atoms with E-state index >= 15 is 0 Å². The first kappa shape index (κ1) is 13.0. The average molecular weight is 267 g/mol. The predicted molar refractivity (Wildman–Crippen MR) is 63.1 cm³/mol. The Balaban J connectivity index is 2.26. The van der Waals surface area contributed by atoms with Gasteiger partial charge in [0.1, 0.15) is 16.7 Å². The second-order valence-electron chi connectivity index (χ2n) is 4.03. The number of rotatable bonds is 3. The second kappa shape index (κ2) is 5.02. The minimum Gasteiger partial charge on any atom is -0.380 e. The summed E-state index contributed by atoms with van der Waals surface area (Å²) in [5.41, 5.74) is 0.195. The molecule has 2 heterocycles. The van der Waals surface area contributed by atoms with Crippen LogP contribution in [-0.2, 0) is 14.8 Å². The van der Waals surface area contributed by atoms with E-state index in [4.69, 9.17) is 10.00 Å². The van der Waals surface area contributed by atoms with Crippen molar-refractivity contribution in [2.75, 3.05) is 20.3 Å². The number of nitriles is 1. The van der Waals surface area contributed by atoms with Crippen LogP contribution >= 0.6 is 0 Å². The number of nitrogens with zero attached hydrogens (tertiary/aromatic N) is 3. The van der Waals surface area contributed by atoms with Gasteiger partial charge in [-0.25, -0.2) is 13.4 Å². The number of pyridine rings is 1. The van der Waals surface area contributed by atoms with Crippen LogP contribution in [0.1, 0.15) is 12.1 Å². The molecule has 2 rings (SSSR count). The summed E-state index contributed by atoms with van der Waals surface area (Å²) in [4.78, 5) is 3.87. The van der Waals surface area contributed by atoms with E-state index in [9.17, 15) is 8.42 Å². The van der Waals surface area contributed by atoms with Gasteiger partial charge in [0.25, 0.3) is 0 Å². The molecule has 1 fully saturated rings. The summed E-state index contributed by atoms with van der Waals surface area (Å²) in [5, 5.41) is 8.62. The van der Waals surface area contributed by atoms with E-state index in [0.29, 0.717) is 19.6 Å². The molecule has 0 amide bonds. The van der Waals surface area contributed by atoms with Gasteiger partial charge in [-0.05, 0) is 18.6 Å². The van der Waals surface area contributed by atoms with Gasteiger partial charge in [-0.1, -0.05) is 0 Å². The van der Waals surface area contributed by atoms with Gasteiger partial charge in [-0.2, -0.15) is 9.57 Å². The first-order valence-electron chi connectivity index (χ1n) is 5.47. The molecule has 0 N–H and O–H groups in total. The largest absolute Gasteiger partial charge is 0.380 e. The lowest BCUT2D eigenvalue weighted by atomic mass is 10.3. The maximum Gasteiger partial charge on any atom is 0.244 e. The first-order valence-corrected chi connectivity index (χ1v) is 6.91. The molecule has 0 aromatic carbocycles. The zero-order valence-electron chi connectivity index (χ0n) is 9.91. The molecule has 7 heteroatoms. The lowest BCUT2D eigenvalue weighted by Crippen LogP contribution is -2.37. The third-order valence-corrected chi connectivity index (χ3v) is 4.84. The number of likely N-dealkylation sites (N-methyl/N-ethyl adjacent to an activating group) is 1. The smallest absolute Gasteiger partial charge is 0.244 e. The molecule has 6 nitrogen and oxygen atoms in total. The Labute approximate surface area is 106 Å². The molecule has 18 heavy (non-hydrogen) atoms. The fraction of sp³-hybridized carbons (Fsp3) is 0.455. The number of hydrogen-bond donors (Lipinski definition) is 0. The highest BCUT2D eigenvalue weighted by atomic mass is 32.2. The molecule has 96 valence electrons. The molecule has 0 radical (unpaired) electrons. The van der Waals surface area contributed by atoms with Gasteiger partial charge in [0, 0.05) is 19.9 Å². The SMILES string of the molecule is CN(C1CCOC1)S(=O)(=O)c1ccc(C#N)nc1.